The van der Waals surface area contributed by atoms with Gasteiger partial charge in [-0.05, 0) is 29.7 Å². The molecule has 0 atom stereocenters. The zero-order valence-electron chi connectivity index (χ0n) is 11.1. The topological polar surface area (TPSA) is 90.5 Å². The smallest absolute Gasteiger partial charge is 0.248 e. The van der Waals surface area contributed by atoms with E-state index in [2.05, 4.69) is 4.98 Å². The first kappa shape index (κ1) is 13.8. The summed E-state index contributed by atoms with van der Waals surface area (Å²) in [6, 6.07) is 6.14. The number of H-pyrrole nitrogens is 1. The molecule has 0 spiro atoms. The van der Waals surface area contributed by atoms with E-state index in [9.17, 15) is 18.3 Å². The van der Waals surface area contributed by atoms with Crippen molar-refractivity contribution in [1.82, 2.24) is 9.29 Å². The average Bonchev–Trinajstić information content (AvgIpc) is 2.46. The predicted octanol–water partition coefficient (Wildman–Crippen LogP) is 0.828. The van der Waals surface area contributed by atoms with Gasteiger partial charge in [0, 0.05) is 31.5 Å². The summed E-state index contributed by atoms with van der Waals surface area (Å²) >= 11 is 0. The lowest BCUT2D eigenvalue weighted by Crippen LogP contribution is -2.37. The molecule has 3 rings (SSSR count). The van der Waals surface area contributed by atoms with Crippen LogP contribution in [-0.4, -0.2) is 29.4 Å². The number of aromatic amines is 1. The fourth-order valence-electron chi connectivity index (χ4n) is 2.46. The van der Waals surface area contributed by atoms with Crippen LogP contribution in [0.4, 0.5) is 0 Å². The number of hydrogen-bond acceptors (Lipinski definition) is 4. The molecule has 0 unspecified atom stereocenters. The number of phenolic OH excluding ortho intramolecular Hbond substituents is 1. The standard InChI is InChI=1S/C14H14N2O4S/c17-12-2-1-10-4-6-16(9-11(10)7-12)21(19,20)14-8-15-5-3-13(14)18/h1-3,5,7-8,17H,4,6,9H2,(H,15,18). The third-order valence-corrected chi connectivity index (χ3v) is 5.44. The number of aromatic hydroxyl groups is 1. The summed E-state index contributed by atoms with van der Waals surface area (Å²) in [7, 11) is -3.84. The Bertz CT molecular complexity index is 842. The molecule has 1 aromatic carbocycles. The first-order valence-electron chi connectivity index (χ1n) is 6.46. The minimum Gasteiger partial charge on any atom is -0.508 e. The Morgan fingerprint density at radius 3 is 2.76 bits per heavy atom. The van der Waals surface area contributed by atoms with Crippen LogP contribution in [0.5, 0.6) is 5.75 Å². The van der Waals surface area contributed by atoms with E-state index in [1.807, 2.05) is 0 Å². The van der Waals surface area contributed by atoms with Gasteiger partial charge in [0.15, 0.2) is 0 Å². The molecule has 1 aliphatic heterocycles. The number of aromatic nitrogens is 1. The highest BCUT2D eigenvalue weighted by atomic mass is 32.2. The molecule has 2 aromatic rings. The quantitative estimate of drug-likeness (QED) is 0.860. The van der Waals surface area contributed by atoms with Crippen LogP contribution in [-0.2, 0) is 23.0 Å². The first-order valence-corrected chi connectivity index (χ1v) is 7.90. The molecule has 0 fully saturated rings. The highest BCUT2D eigenvalue weighted by Crippen LogP contribution is 2.26. The largest absolute Gasteiger partial charge is 0.508 e. The van der Waals surface area contributed by atoms with E-state index in [1.54, 1.807) is 18.2 Å². The number of pyridine rings is 1. The van der Waals surface area contributed by atoms with Gasteiger partial charge >= 0.3 is 0 Å². The summed E-state index contributed by atoms with van der Waals surface area (Å²) in [5, 5.41) is 9.52. The summed E-state index contributed by atoms with van der Waals surface area (Å²) in [5.41, 5.74) is 1.24. The second-order valence-corrected chi connectivity index (χ2v) is 6.82. The van der Waals surface area contributed by atoms with Gasteiger partial charge in [-0.1, -0.05) is 6.07 Å². The van der Waals surface area contributed by atoms with E-state index >= 15 is 0 Å². The number of sulfonamides is 1. The van der Waals surface area contributed by atoms with Gasteiger partial charge in [0.05, 0.1) is 0 Å². The molecule has 6 nitrogen and oxygen atoms in total. The Labute approximate surface area is 121 Å². The second-order valence-electron chi connectivity index (χ2n) is 4.91. The summed E-state index contributed by atoms with van der Waals surface area (Å²) in [4.78, 5) is 14.1. The maximum Gasteiger partial charge on any atom is 0.248 e. The van der Waals surface area contributed by atoms with Gasteiger partial charge in [-0.15, -0.1) is 0 Å². The van der Waals surface area contributed by atoms with E-state index in [4.69, 9.17) is 0 Å². The van der Waals surface area contributed by atoms with Crippen LogP contribution >= 0.6 is 0 Å². The molecule has 110 valence electrons. The van der Waals surface area contributed by atoms with Gasteiger partial charge in [-0.2, -0.15) is 4.31 Å². The highest BCUT2D eigenvalue weighted by molar-refractivity contribution is 7.89. The lowest BCUT2D eigenvalue weighted by Gasteiger charge is -2.27. The number of phenols is 1. The molecule has 1 aromatic heterocycles. The van der Waals surface area contributed by atoms with Crippen LogP contribution in [0.1, 0.15) is 11.1 Å². The molecule has 0 radical (unpaired) electrons. The van der Waals surface area contributed by atoms with Crippen molar-refractivity contribution < 1.29 is 13.5 Å². The average molecular weight is 306 g/mol. The zero-order chi connectivity index (χ0) is 15.0. The Kier molecular flexibility index (Phi) is 3.30. The van der Waals surface area contributed by atoms with Gasteiger partial charge in [0.25, 0.3) is 0 Å². The van der Waals surface area contributed by atoms with Gasteiger partial charge in [0.2, 0.25) is 15.5 Å². The molecule has 0 amide bonds. The van der Waals surface area contributed by atoms with Crippen molar-refractivity contribution in [1.29, 1.82) is 0 Å². The molecular weight excluding hydrogens is 292 g/mol. The van der Waals surface area contributed by atoms with Gasteiger partial charge in [0.1, 0.15) is 10.6 Å². The van der Waals surface area contributed by atoms with Gasteiger partial charge in [-0.3, -0.25) is 4.79 Å². The maximum atomic E-state index is 12.5. The van der Waals surface area contributed by atoms with Crippen molar-refractivity contribution in [3.63, 3.8) is 0 Å². The second kappa shape index (κ2) is 5.01. The molecule has 0 aliphatic carbocycles. The van der Waals surface area contributed by atoms with E-state index in [0.717, 1.165) is 11.1 Å². The first-order chi connectivity index (χ1) is 9.98. The van der Waals surface area contributed by atoms with Crippen LogP contribution in [0.3, 0.4) is 0 Å². The van der Waals surface area contributed by atoms with Crippen LogP contribution in [0.15, 0.2) is 46.3 Å². The molecular formula is C14H14N2O4S. The molecule has 0 saturated carbocycles. The van der Waals surface area contributed by atoms with Gasteiger partial charge < -0.3 is 10.1 Å². The lowest BCUT2D eigenvalue weighted by molar-refractivity contribution is 0.388. The van der Waals surface area contributed by atoms with Crippen LogP contribution < -0.4 is 5.43 Å². The number of fused-ring (bicyclic) bond motifs is 1. The summed E-state index contributed by atoms with van der Waals surface area (Å²) in [6.45, 7) is 0.467. The van der Waals surface area contributed by atoms with Crippen LogP contribution in [0, 0.1) is 0 Å². The Morgan fingerprint density at radius 1 is 1.19 bits per heavy atom. The van der Waals surface area contributed by atoms with Crippen molar-refractivity contribution in [2.45, 2.75) is 17.9 Å². The van der Waals surface area contributed by atoms with Crippen molar-refractivity contribution >= 4 is 10.0 Å². The minimum atomic E-state index is -3.84. The Hall–Kier alpha value is -2.12. The van der Waals surface area contributed by atoms with Crippen molar-refractivity contribution in [3.8, 4) is 5.75 Å². The minimum absolute atomic E-state index is 0.102. The Morgan fingerprint density at radius 2 is 2.00 bits per heavy atom. The Balaban J connectivity index is 1.99. The molecule has 0 bridgehead atoms. The van der Waals surface area contributed by atoms with E-state index < -0.39 is 15.5 Å². The number of rotatable bonds is 2. The van der Waals surface area contributed by atoms with Crippen molar-refractivity contribution in [2.75, 3.05) is 6.54 Å². The monoisotopic (exact) mass is 306 g/mol. The number of benzene rings is 1. The predicted molar refractivity (Wildman–Crippen MR) is 76.5 cm³/mol. The summed E-state index contributed by atoms with van der Waals surface area (Å²) in [6.07, 6.45) is 3.15. The fourth-order valence-corrected chi connectivity index (χ4v) is 3.92. The van der Waals surface area contributed by atoms with E-state index in [0.29, 0.717) is 13.0 Å². The molecule has 7 heteroatoms. The summed E-state index contributed by atoms with van der Waals surface area (Å²) < 4.78 is 26.4. The molecule has 1 aliphatic rings. The maximum absolute atomic E-state index is 12.5. The van der Waals surface area contributed by atoms with Crippen LogP contribution in [0.2, 0.25) is 0 Å². The third kappa shape index (κ3) is 2.45. The molecule has 2 heterocycles. The van der Waals surface area contributed by atoms with E-state index in [-0.39, 0.29) is 17.2 Å². The zero-order valence-corrected chi connectivity index (χ0v) is 11.9. The number of hydrogen-bond donors (Lipinski definition) is 2. The lowest BCUT2D eigenvalue weighted by atomic mass is 10.0. The molecule has 2 N–H and O–H groups in total. The van der Waals surface area contributed by atoms with Crippen molar-refractivity contribution in [2.24, 2.45) is 0 Å². The fraction of sp³-hybridized carbons (Fsp3) is 0.214. The normalized spacial score (nSPS) is 15.6. The van der Waals surface area contributed by atoms with Gasteiger partial charge in [-0.25, -0.2) is 8.42 Å². The number of nitrogens with one attached hydrogen (secondary N) is 1. The molecule has 0 saturated heterocycles. The summed E-state index contributed by atoms with van der Waals surface area (Å²) in [5.74, 6) is 0.102. The van der Waals surface area contributed by atoms with Crippen LogP contribution in [0.25, 0.3) is 0 Å². The van der Waals surface area contributed by atoms with Crippen molar-refractivity contribution in [3.05, 3.63) is 58.0 Å². The van der Waals surface area contributed by atoms with E-state index in [1.165, 1.54) is 22.8 Å². The molecule has 21 heavy (non-hydrogen) atoms. The highest BCUT2D eigenvalue weighted by Gasteiger charge is 2.30. The SMILES string of the molecule is O=c1cc[nH]cc1S(=O)(=O)N1CCc2ccc(O)cc2C1. The third-order valence-electron chi connectivity index (χ3n) is 3.57. The number of nitrogens with zero attached hydrogens (tertiary/aromatic N) is 1.